The number of rotatable bonds is 2. The van der Waals surface area contributed by atoms with Crippen molar-refractivity contribution in [3.05, 3.63) is 29.3 Å². The van der Waals surface area contributed by atoms with Gasteiger partial charge in [0.25, 0.3) is 0 Å². The van der Waals surface area contributed by atoms with Crippen LogP contribution in [0.1, 0.15) is 43.7 Å². The summed E-state index contributed by atoms with van der Waals surface area (Å²) < 4.78 is 0. The van der Waals surface area contributed by atoms with E-state index < -0.39 is 0 Å². The lowest BCUT2D eigenvalue weighted by Crippen LogP contribution is -2.26. The number of nitrogens with one attached hydrogen (secondary N) is 1. The second-order valence-corrected chi connectivity index (χ2v) is 5.41. The minimum Gasteiger partial charge on any atom is -0.382 e. The van der Waals surface area contributed by atoms with Gasteiger partial charge in [0, 0.05) is 11.7 Å². The van der Waals surface area contributed by atoms with Gasteiger partial charge in [0.15, 0.2) is 0 Å². The van der Waals surface area contributed by atoms with E-state index in [-0.39, 0.29) is 0 Å². The van der Waals surface area contributed by atoms with Crippen molar-refractivity contribution in [1.82, 2.24) is 0 Å². The van der Waals surface area contributed by atoms with Crippen LogP contribution in [-0.2, 0) is 0 Å². The molecule has 1 saturated carbocycles. The second-order valence-electron chi connectivity index (χ2n) is 5.41. The Balaban J connectivity index is 2.00. The Kier molecular flexibility index (Phi) is 3.52. The molecule has 0 saturated heterocycles. The minimum absolute atomic E-state index is 0.686. The summed E-state index contributed by atoms with van der Waals surface area (Å²) in [5.74, 6) is 0.887. The van der Waals surface area contributed by atoms with Gasteiger partial charge in [-0.3, -0.25) is 0 Å². The smallest absolute Gasteiger partial charge is 0.0345 e. The van der Waals surface area contributed by atoms with Crippen molar-refractivity contribution in [2.24, 2.45) is 5.92 Å². The molecule has 0 spiro atoms. The lowest BCUT2D eigenvalue weighted by molar-refractivity contribution is 0.358. The SMILES string of the molecule is Cc1ccc(NC2CCCC(C)C2)cc1C. The van der Waals surface area contributed by atoms with Gasteiger partial charge < -0.3 is 5.32 Å². The molecule has 88 valence electrons. The van der Waals surface area contributed by atoms with Crippen LogP contribution < -0.4 is 5.32 Å². The van der Waals surface area contributed by atoms with Crippen LogP contribution in [0.4, 0.5) is 5.69 Å². The molecule has 0 amide bonds. The molecule has 1 aromatic carbocycles. The molecule has 2 atom stereocenters. The van der Waals surface area contributed by atoms with Crippen LogP contribution in [0.3, 0.4) is 0 Å². The summed E-state index contributed by atoms with van der Waals surface area (Å²) in [5, 5.41) is 3.68. The Morgan fingerprint density at radius 3 is 2.62 bits per heavy atom. The van der Waals surface area contributed by atoms with Crippen LogP contribution in [0, 0.1) is 19.8 Å². The number of benzene rings is 1. The van der Waals surface area contributed by atoms with E-state index in [2.05, 4.69) is 44.3 Å². The maximum atomic E-state index is 3.68. The second kappa shape index (κ2) is 4.90. The first-order valence-corrected chi connectivity index (χ1v) is 6.49. The van der Waals surface area contributed by atoms with E-state index >= 15 is 0 Å². The normalized spacial score (nSPS) is 25.4. The summed E-state index contributed by atoms with van der Waals surface area (Å²) in [6, 6.07) is 7.38. The molecule has 1 nitrogen and oxygen atoms in total. The molecule has 2 unspecified atom stereocenters. The zero-order chi connectivity index (χ0) is 11.5. The lowest BCUT2D eigenvalue weighted by atomic mass is 9.87. The van der Waals surface area contributed by atoms with E-state index in [1.165, 1.54) is 42.5 Å². The highest BCUT2D eigenvalue weighted by Gasteiger charge is 2.18. The van der Waals surface area contributed by atoms with Gasteiger partial charge in [-0.2, -0.15) is 0 Å². The third kappa shape index (κ3) is 2.78. The summed E-state index contributed by atoms with van der Waals surface area (Å²) in [7, 11) is 0. The summed E-state index contributed by atoms with van der Waals surface area (Å²) in [6.45, 7) is 6.72. The molecule has 1 heteroatoms. The number of aryl methyl sites for hydroxylation is 2. The van der Waals surface area contributed by atoms with Gasteiger partial charge in [0.1, 0.15) is 0 Å². The summed E-state index contributed by atoms with van der Waals surface area (Å²) in [5.41, 5.74) is 4.05. The van der Waals surface area contributed by atoms with Gasteiger partial charge in [0.2, 0.25) is 0 Å². The fourth-order valence-electron chi connectivity index (χ4n) is 2.63. The van der Waals surface area contributed by atoms with E-state index in [4.69, 9.17) is 0 Å². The number of anilines is 1. The van der Waals surface area contributed by atoms with Crippen molar-refractivity contribution in [3.63, 3.8) is 0 Å². The fraction of sp³-hybridized carbons (Fsp3) is 0.600. The predicted molar refractivity (Wildman–Crippen MR) is 71.0 cm³/mol. The third-order valence-corrected chi connectivity index (χ3v) is 3.81. The van der Waals surface area contributed by atoms with E-state index in [9.17, 15) is 0 Å². The molecule has 1 N–H and O–H groups in total. The quantitative estimate of drug-likeness (QED) is 0.779. The average molecular weight is 217 g/mol. The van der Waals surface area contributed by atoms with Crippen LogP contribution in [0.25, 0.3) is 0 Å². The van der Waals surface area contributed by atoms with Crippen molar-refractivity contribution in [2.45, 2.75) is 52.5 Å². The Bertz CT molecular complexity index is 356. The largest absolute Gasteiger partial charge is 0.382 e. The molecule has 1 aliphatic carbocycles. The first-order chi connectivity index (χ1) is 7.65. The third-order valence-electron chi connectivity index (χ3n) is 3.81. The van der Waals surface area contributed by atoms with Gasteiger partial charge >= 0.3 is 0 Å². The summed E-state index contributed by atoms with van der Waals surface area (Å²) in [4.78, 5) is 0. The molecular weight excluding hydrogens is 194 g/mol. The molecule has 0 aliphatic heterocycles. The van der Waals surface area contributed by atoms with Crippen molar-refractivity contribution < 1.29 is 0 Å². The van der Waals surface area contributed by atoms with E-state index in [0.717, 1.165) is 5.92 Å². The van der Waals surface area contributed by atoms with Crippen molar-refractivity contribution in [3.8, 4) is 0 Å². The standard InChI is InChI=1S/C15H23N/c1-11-5-4-6-14(9-11)16-15-8-7-12(2)13(3)10-15/h7-8,10-11,14,16H,4-6,9H2,1-3H3. The van der Waals surface area contributed by atoms with E-state index in [1.807, 2.05) is 0 Å². The molecular formula is C15H23N. The van der Waals surface area contributed by atoms with Crippen LogP contribution in [0.2, 0.25) is 0 Å². The minimum atomic E-state index is 0.686. The number of hydrogen-bond acceptors (Lipinski definition) is 1. The van der Waals surface area contributed by atoms with Gasteiger partial charge in [-0.05, 0) is 55.9 Å². The number of hydrogen-bond donors (Lipinski definition) is 1. The van der Waals surface area contributed by atoms with Gasteiger partial charge in [-0.1, -0.05) is 25.8 Å². The highest BCUT2D eigenvalue weighted by atomic mass is 14.9. The van der Waals surface area contributed by atoms with E-state index in [0.29, 0.717) is 6.04 Å². The highest BCUT2D eigenvalue weighted by Crippen LogP contribution is 2.26. The summed E-state index contributed by atoms with van der Waals surface area (Å²) in [6.07, 6.45) is 5.44. The van der Waals surface area contributed by atoms with Crippen LogP contribution >= 0.6 is 0 Å². The maximum Gasteiger partial charge on any atom is 0.0345 e. The Hall–Kier alpha value is -0.980. The molecule has 16 heavy (non-hydrogen) atoms. The Labute approximate surface area is 99.3 Å². The molecule has 1 aromatic rings. The van der Waals surface area contributed by atoms with Crippen LogP contribution in [0.15, 0.2) is 18.2 Å². The Morgan fingerprint density at radius 2 is 1.94 bits per heavy atom. The zero-order valence-electron chi connectivity index (χ0n) is 10.7. The topological polar surface area (TPSA) is 12.0 Å². The molecule has 0 bridgehead atoms. The molecule has 0 heterocycles. The lowest BCUT2D eigenvalue weighted by Gasteiger charge is -2.28. The van der Waals surface area contributed by atoms with Crippen LogP contribution in [-0.4, -0.2) is 6.04 Å². The molecule has 0 aromatic heterocycles. The highest BCUT2D eigenvalue weighted by molar-refractivity contribution is 5.48. The maximum absolute atomic E-state index is 3.68. The summed E-state index contributed by atoms with van der Waals surface area (Å²) >= 11 is 0. The first-order valence-electron chi connectivity index (χ1n) is 6.49. The fourth-order valence-corrected chi connectivity index (χ4v) is 2.63. The van der Waals surface area contributed by atoms with Crippen molar-refractivity contribution in [1.29, 1.82) is 0 Å². The van der Waals surface area contributed by atoms with Gasteiger partial charge in [-0.25, -0.2) is 0 Å². The first kappa shape index (κ1) is 11.5. The zero-order valence-corrected chi connectivity index (χ0v) is 10.7. The molecule has 1 fully saturated rings. The predicted octanol–water partition coefficient (Wildman–Crippen LogP) is 4.29. The van der Waals surface area contributed by atoms with Crippen LogP contribution in [0.5, 0.6) is 0 Å². The molecule has 0 radical (unpaired) electrons. The van der Waals surface area contributed by atoms with Gasteiger partial charge in [-0.15, -0.1) is 0 Å². The van der Waals surface area contributed by atoms with Crippen molar-refractivity contribution in [2.75, 3.05) is 5.32 Å². The molecule has 2 rings (SSSR count). The van der Waals surface area contributed by atoms with Gasteiger partial charge in [0.05, 0.1) is 0 Å². The average Bonchev–Trinajstić information content (AvgIpc) is 2.24. The Morgan fingerprint density at radius 1 is 1.12 bits per heavy atom. The molecule has 1 aliphatic rings. The monoisotopic (exact) mass is 217 g/mol. The van der Waals surface area contributed by atoms with Crippen molar-refractivity contribution >= 4 is 5.69 Å². The van der Waals surface area contributed by atoms with E-state index in [1.54, 1.807) is 0 Å².